The van der Waals surface area contributed by atoms with Crippen LogP contribution in [0.4, 0.5) is 0 Å². The van der Waals surface area contributed by atoms with E-state index in [-0.39, 0.29) is 5.91 Å². The number of H-pyrrole nitrogens is 1. The largest absolute Gasteiger partial charge is 0.351 e. The highest BCUT2D eigenvalue weighted by atomic mass is 32.1. The zero-order valence-electron chi connectivity index (χ0n) is 15.7. The lowest BCUT2D eigenvalue weighted by Crippen LogP contribution is -2.40. The van der Waals surface area contributed by atoms with Gasteiger partial charge in [0.2, 0.25) is 0 Å². The number of para-hydroxylation sites is 1. The number of carbonyl (C=O) groups excluding carboxylic acids is 1. The van der Waals surface area contributed by atoms with E-state index in [1.54, 1.807) is 11.3 Å². The summed E-state index contributed by atoms with van der Waals surface area (Å²) in [6.45, 7) is 5.93. The van der Waals surface area contributed by atoms with Crippen LogP contribution in [0.1, 0.15) is 41.0 Å². The fraction of sp³-hybridized carbons (Fsp3) is 0.429. The Morgan fingerprint density at radius 2 is 2.30 bits per heavy atom. The second-order valence-corrected chi connectivity index (χ2v) is 8.25. The predicted octanol–water partition coefficient (Wildman–Crippen LogP) is 3.83. The number of aromatic amines is 1. The molecule has 3 heterocycles. The zero-order chi connectivity index (χ0) is 18.6. The molecule has 142 valence electrons. The van der Waals surface area contributed by atoms with Crippen LogP contribution in [0.5, 0.6) is 0 Å². The van der Waals surface area contributed by atoms with Gasteiger partial charge in [0.1, 0.15) is 5.69 Å². The lowest BCUT2D eigenvalue weighted by molar-refractivity contribution is 0.0926. The van der Waals surface area contributed by atoms with Crippen molar-refractivity contribution in [3.63, 3.8) is 0 Å². The normalized spacial score (nSPS) is 18.0. The molecule has 1 aliphatic rings. The molecule has 1 aliphatic heterocycles. The third-order valence-electron chi connectivity index (χ3n) is 5.22. The molecule has 1 aromatic carbocycles. The Bertz CT molecular complexity index is 883. The van der Waals surface area contributed by atoms with Crippen molar-refractivity contribution < 1.29 is 4.79 Å². The van der Waals surface area contributed by atoms with E-state index >= 15 is 0 Å². The van der Waals surface area contributed by atoms with Gasteiger partial charge in [-0.05, 0) is 43.9 Å². The summed E-state index contributed by atoms with van der Waals surface area (Å²) in [5, 5.41) is 7.58. The van der Waals surface area contributed by atoms with Gasteiger partial charge in [0, 0.05) is 35.9 Å². The number of piperidine rings is 1. The van der Waals surface area contributed by atoms with E-state index in [4.69, 9.17) is 0 Å². The van der Waals surface area contributed by atoms with Gasteiger partial charge in [-0.2, -0.15) is 0 Å². The molecule has 0 radical (unpaired) electrons. The minimum absolute atomic E-state index is 0.0181. The van der Waals surface area contributed by atoms with E-state index in [1.807, 2.05) is 30.3 Å². The first-order chi connectivity index (χ1) is 13.2. The minimum atomic E-state index is -0.0181. The molecule has 27 heavy (non-hydrogen) atoms. The summed E-state index contributed by atoms with van der Waals surface area (Å²) in [5.41, 5.74) is 2.82. The predicted molar refractivity (Wildman–Crippen MR) is 110 cm³/mol. The average molecular weight is 383 g/mol. The Kier molecular flexibility index (Phi) is 5.55. The summed E-state index contributed by atoms with van der Waals surface area (Å²) in [7, 11) is 0. The molecule has 1 saturated heterocycles. The molecule has 0 aliphatic carbocycles. The minimum Gasteiger partial charge on any atom is -0.351 e. The van der Waals surface area contributed by atoms with Gasteiger partial charge in [-0.1, -0.05) is 25.1 Å². The number of benzene rings is 1. The SMILES string of the molecule is CCc1nc(CN2CCC[C@H](CNC(=O)c3cc4ccccc4[nH]3)C2)cs1. The number of nitrogens with zero attached hydrogens (tertiary/aromatic N) is 2. The number of rotatable bonds is 6. The number of aryl methyl sites for hydroxylation is 1. The van der Waals surface area contributed by atoms with Crippen LogP contribution in [-0.2, 0) is 13.0 Å². The summed E-state index contributed by atoms with van der Waals surface area (Å²) in [6, 6.07) is 9.90. The lowest BCUT2D eigenvalue weighted by atomic mass is 9.98. The number of nitrogens with one attached hydrogen (secondary N) is 2. The third-order valence-corrected chi connectivity index (χ3v) is 6.26. The number of aromatic nitrogens is 2. The molecule has 0 saturated carbocycles. The highest BCUT2D eigenvalue weighted by molar-refractivity contribution is 7.09. The van der Waals surface area contributed by atoms with Gasteiger partial charge >= 0.3 is 0 Å². The number of carbonyl (C=O) groups is 1. The van der Waals surface area contributed by atoms with Crippen LogP contribution in [0.2, 0.25) is 0 Å². The van der Waals surface area contributed by atoms with Crippen LogP contribution in [0.3, 0.4) is 0 Å². The van der Waals surface area contributed by atoms with E-state index in [0.29, 0.717) is 11.6 Å². The van der Waals surface area contributed by atoms with Crippen molar-refractivity contribution in [1.82, 2.24) is 20.2 Å². The number of hydrogen-bond acceptors (Lipinski definition) is 4. The molecule has 0 spiro atoms. The summed E-state index contributed by atoms with van der Waals surface area (Å²) in [6.07, 6.45) is 3.35. The summed E-state index contributed by atoms with van der Waals surface area (Å²) in [5.74, 6) is 0.478. The standard InChI is InChI=1S/C21H26N4OS/c1-2-20-23-17(14-27-20)13-25-9-5-6-15(12-25)11-22-21(26)19-10-16-7-3-4-8-18(16)24-19/h3-4,7-8,10,14-15,24H,2,5-6,9,11-13H2,1H3,(H,22,26)/t15-/m1/s1. The Labute approximate surface area is 163 Å². The topological polar surface area (TPSA) is 61.0 Å². The van der Waals surface area contributed by atoms with Crippen molar-refractivity contribution in [3.05, 3.63) is 52.1 Å². The first-order valence-corrected chi connectivity index (χ1v) is 10.6. The van der Waals surface area contributed by atoms with Crippen molar-refractivity contribution in [2.45, 2.75) is 32.7 Å². The highest BCUT2D eigenvalue weighted by Gasteiger charge is 2.21. The Balaban J connectivity index is 1.30. The van der Waals surface area contributed by atoms with Gasteiger partial charge in [0.25, 0.3) is 5.91 Å². The van der Waals surface area contributed by atoms with Crippen LogP contribution >= 0.6 is 11.3 Å². The first-order valence-electron chi connectivity index (χ1n) is 9.73. The van der Waals surface area contributed by atoms with Gasteiger partial charge in [0.15, 0.2) is 0 Å². The fourth-order valence-electron chi connectivity index (χ4n) is 3.80. The fourth-order valence-corrected chi connectivity index (χ4v) is 4.54. The lowest BCUT2D eigenvalue weighted by Gasteiger charge is -2.32. The van der Waals surface area contributed by atoms with E-state index in [0.717, 1.165) is 43.5 Å². The van der Waals surface area contributed by atoms with Crippen LogP contribution in [0.15, 0.2) is 35.7 Å². The van der Waals surface area contributed by atoms with Crippen molar-refractivity contribution in [1.29, 1.82) is 0 Å². The summed E-state index contributed by atoms with van der Waals surface area (Å²) < 4.78 is 0. The van der Waals surface area contributed by atoms with E-state index in [9.17, 15) is 4.79 Å². The van der Waals surface area contributed by atoms with E-state index < -0.39 is 0 Å². The first kappa shape index (κ1) is 18.2. The molecule has 6 heteroatoms. The summed E-state index contributed by atoms with van der Waals surface area (Å²) >= 11 is 1.75. The Morgan fingerprint density at radius 1 is 1.41 bits per heavy atom. The van der Waals surface area contributed by atoms with Gasteiger partial charge in [-0.15, -0.1) is 11.3 Å². The Hall–Kier alpha value is -2.18. The van der Waals surface area contributed by atoms with Crippen LogP contribution in [0.25, 0.3) is 10.9 Å². The maximum absolute atomic E-state index is 12.5. The number of hydrogen-bond donors (Lipinski definition) is 2. The smallest absolute Gasteiger partial charge is 0.267 e. The van der Waals surface area contributed by atoms with Crippen molar-refractivity contribution >= 4 is 28.1 Å². The van der Waals surface area contributed by atoms with E-state index in [1.165, 1.54) is 23.5 Å². The zero-order valence-corrected chi connectivity index (χ0v) is 16.5. The average Bonchev–Trinajstić information content (AvgIpc) is 3.33. The third kappa shape index (κ3) is 4.39. The monoisotopic (exact) mass is 382 g/mol. The molecule has 2 aromatic heterocycles. The van der Waals surface area contributed by atoms with Gasteiger partial charge in [-0.25, -0.2) is 4.98 Å². The van der Waals surface area contributed by atoms with Crippen molar-refractivity contribution in [3.8, 4) is 0 Å². The van der Waals surface area contributed by atoms with E-state index in [2.05, 4.69) is 32.5 Å². The number of fused-ring (bicyclic) bond motifs is 1. The molecule has 0 unspecified atom stereocenters. The van der Waals surface area contributed by atoms with Crippen molar-refractivity contribution in [2.75, 3.05) is 19.6 Å². The van der Waals surface area contributed by atoms with Crippen molar-refractivity contribution in [2.24, 2.45) is 5.92 Å². The summed E-state index contributed by atoms with van der Waals surface area (Å²) in [4.78, 5) is 22.9. The van der Waals surface area contributed by atoms with Crippen LogP contribution in [-0.4, -0.2) is 40.4 Å². The van der Waals surface area contributed by atoms with Gasteiger partial charge in [-0.3, -0.25) is 9.69 Å². The number of amides is 1. The Morgan fingerprint density at radius 3 is 3.11 bits per heavy atom. The maximum atomic E-state index is 12.5. The molecule has 2 N–H and O–H groups in total. The van der Waals surface area contributed by atoms with Gasteiger partial charge < -0.3 is 10.3 Å². The molecule has 5 nitrogen and oxygen atoms in total. The molecule has 1 amide bonds. The molecule has 0 bridgehead atoms. The molecule has 1 fully saturated rings. The van der Waals surface area contributed by atoms with Crippen LogP contribution in [0, 0.1) is 5.92 Å². The second-order valence-electron chi connectivity index (χ2n) is 7.31. The molecular formula is C21H26N4OS. The van der Waals surface area contributed by atoms with Crippen LogP contribution < -0.4 is 5.32 Å². The molecule has 3 aromatic rings. The second kappa shape index (κ2) is 8.23. The number of thiazole rings is 1. The molecule has 1 atom stereocenters. The molecule has 4 rings (SSSR count). The quantitative estimate of drug-likeness (QED) is 0.681. The highest BCUT2D eigenvalue weighted by Crippen LogP contribution is 2.20. The number of likely N-dealkylation sites (tertiary alicyclic amines) is 1. The van der Waals surface area contributed by atoms with Gasteiger partial charge in [0.05, 0.1) is 10.7 Å². The maximum Gasteiger partial charge on any atom is 0.267 e. The molecular weight excluding hydrogens is 356 g/mol.